The summed E-state index contributed by atoms with van der Waals surface area (Å²) in [5, 5.41) is 2.95. The molecule has 0 bridgehead atoms. The second kappa shape index (κ2) is 9.40. The molecule has 1 heterocycles. The molecule has 5 aromatic rings. The van der Waals surface area contributed by atoms with Crippen LogP contribution in [0.2, 0.25) is 0 Å². The third kappa shape index (κ3) is 5.10. The van der Waals surface area contributed by atoms with Gasteiger partial charge in [-0.15, -0.1) is 0 Å². The highest BCUT2D eigenvalue weighted by molar-refractivity contribution is 6.04. The summed E-state index contributed by atoms with van der Waals surface area (Å²) in [7, 11) is 0. The molecule has 33 heavy (non-hydrogen) atoms. The lowest BCUT2D eigenvalue weighted by atomic mass is 10.1. The first-order valence-corrected chi connectivity index (χ1v) is 10.8. The summed E-state index contributed by atoms with van der Waals surface area (Å²) in [5.41, 5.74) is 5.45. The van der Waals surface area contributed by atoms with Crippen LogP contribution in [0.15, 0.2) is 103 Å². The first-order valence-electron chi connectivity index (χ1n) is 10.8. The number of aromatic amines is 1. The van der Waals surface area contributed by atoms with Crippen molar-refractivity contribution in [2.75, 3.05) is 5.32 Å². The lowest BCUT2D eigenvalue weighted by Crippen LogP contribution is -2.12. The monoisotopic (exact) mass is 433 g/mol. The Kier molecular flexibility index (Phi) is 5.85. The molecule has 0 saturated heterocycles. The third-order valence-corrected chi connectivity index (χ3v) is 5.37. The molecule has 162 valence electrons. The smallest absolute Gasteiger partial charge is 0.255 e. The molecule has 0 radical (unpaired) electrons. The molecule has 5 nitrogen and oxygen atoms in total. The molecule has 0 unspecified atom stereocenters. The summed E-state index contributed by atoms with van der Waals surface area (Å²) in [6.45, 7) is 0.477. The number of aromatic nitrogens is 2. The zero-order valence-corrected chi connectivity index (χ0v) is 18.0. The van der Waals surface area contributed by atoms with Crippen LogP contribution in [0.25, 0.3) is 11.0 Å². The van der Waals surface area contributed by atoms with Gasteiger partial charge in [0.25, 0.3) is 5.91 Å². The van der Waals surface area contributed by atoms with Crippen LogP contribution in [-0.4, -0.2) is 15.9 Å². The van der Waals surface area contributed by atoms with Crippen LogP contribution < -0.4 is 10.1 Å². The van der Waals surface area contributed by atoms with E-state index in [1.165, 1.54) is 0 Å². The second-order valence-electron chi connectivity index (χ2n) is 7.83. The summed E-state index contributed by atoms with van der Waals surface area (Å²) in [6, 6.07) is 33.0. The number of amides is 1. The normalized spacial score (nSPS) is 10.8. The van der Waals surface area contributed by atoms with Gasteiger partial charge >= 0.3 is 0 Å². The van der Waals surface area contributed by atoms with E-state index in [0.29, 0.717) is 30.0 Å². The quantitative estimate of drug-likeness (QED) is 0.332. The molecule has 0 spiro atoms. The number of fused-ring (bicyclic) bond motifs is 1. The minimum Gasteiger partial charge on any atom is -0.489 e. The van der Waals surface area contributed by atoms with Gasteiger partial charge in [0.05, 0.1) is 11.0 Å². The largest absolute Gasteiger partial charge is 0.489 e. The molecular formula is C28H23N3O2. The highest BCUT2D eigenvalue weighted by Crippen LogP contribution is 2.20. The van der Waals surface area contributed by atoms with E-state index in [1.807, 2.05) is 103 Å². The number of nitrogens with one attached hydrogen (secondary N) is 2. The zero-order valence-electron chi connectivity index (χ0n) is 18.0. The number of nitrogens with zero attached hydrogens (tertiary/aromatic N) is 1. The van der Waals surface area contributed by atoms with Crippen LogP contribution in [0, 0.1) is 0 Å². The molecule has 4 aromatic carbocycles. The molecule has 0 fully saturated rings. The molecule has 2 N–H and O–H groups in total. The van der Waals surface area contributed by atoms with Gasteiger partial charge in [0.2, 0.25) is 0 Å². The number of para-hydroxylation sites is 2. The minimum absolute atomic E-state index is 0.162. The number of carbonyl (C=O) groups excluding carboxylic acids is 1. The van der Waals surface area contributed by atoms with Crippen molar-refractivity contribution in [3.05, 3.63) is 126 Å². The molecule has 0 atom stereocenters. The van der Waals surface area contributed by atoms with Crippen molar-refractivity contribution in [2.24, 2.45) is 0 Å². The third-order valence-electron chi connectivity index (χ3n) is 5.37. The molecule has 0 aliphatic rings. The number of H-pyrrole nitrogens is 1. The Labute approximate surface area is 192 Å². The zero-order chi connectivity index (χ0) is 22.5. The SMILES string of the molecule is O=C(Nc1cccc(OCc2ccccc2)c1)c1ccc(Cc2nc3ccccc3[nH]2)cc1. The molecular weight excluding hydrogens is 410 g/mol. The molecule has 0 aliphatic carbocycles. The average molecular weight is 434 g/mol. The van der Waals surface area contributed by atoms with Crippen molar-refractivity contribution in [2.45, 2.75) is 13.0 Å². The fourth-order valence-corrected chi connectivity index (χ4v) is 3.66. The first kappa shape index (κ1) is 20.5. The van der Waals surface area contributed by atoms with Gasteiger partial charge in [-0.2, -0.15) is 0 Å². The fourth-order valence-electron chi connectivity index (χ4n) is 3.66. The lowest BCUT2D eigenvalue weighted by Gasteiger charge is -2.10. The Morgan fingerprint density at radius 2 is 1.61 bits per heavy atom. The Hall–Kier alpha value is -4.38. The number of benzene rings is 4. The van der Waals surface area contributed by atoms with Crippen LogP contribution in [-0.2, 0) is 13.0 Å². The van der Waals surface area contributed by atoms with E-state index in [2.05, 4.69) is 15.3 Å². The summed E-state index contributed by atoms with van der Waals surface area (Å²) in [6.07, 6.45) is 0.678. The number of carbonyl (C=O) groups is 1. The van der Waals surface area contributed by atoms with E-state index in [9.17, 15) is 4.79 Å². The van der Waals surface area contributed by atoms with Gasteiger partial charge in [0, 0.05) is 23.7 Å². The highest BCUT2D eigenvalue weighted by atomic mass is 16.5. The van der Waals surface area contributed by atoms with Crippen LogP contribution in [0.1, 0.15) is 27.3 Å². The van der Waals surface area contributed by atoms with Gasteiger partial charge in [-0.3, -0.25) is 4.79 Å². The highest BCUT2D eigenvalue weighted by Gasteiger charge is 2.08. The van der Waals surface area contributed by atoms with Gasteiger partial charge in [0.1, 0.15) is 18.2 Å². The molecule has 5 heteroatoms. The van der Waals surface area contributed by atoms with Crippen LogP contribution >= 0.6 is 0 Å². The number of ether oxygens (including phenoxy) is 1. The van der Waals surface area contributed by atoms with Gasteiger partial charge < -0.3 is 15.0 Å². The van der Waals surface area contributed by atoms with Gasteiger partial charge in [-0.1, -0.05) is 60.7 Å². The van der Waals surface area contributed by atoms with Gasteiger partial charge in [-0.05, 0) is 47.5 Å². The van der Waals surface area contributed by atoms with E-state index < -0.39 is 0 Å². The van der Waals surface area contributed by atoms with Crippen molar-refractivity contribution in [3.63, 3.8) is 0 Å². The van der Waals surface area contributed by atoms with Crippen molar-refractivity contribution >= 4 is 22.6 Å². The van der Waals surface area contributed by atoms with Crippen LogP contribution in [0.3, 0.4) is 0 Å². The van der Waals surface area contributed by atoms with E-state index in [-0.39, 0.29) is 5.91 Å². The summed E-state index contributed by atoms with van der Waals surface area (Å²) in [5.74, 6) is 1.45. The maximum absolute atomic E-state index is 12.7. The first-order chi connectivity index (χ1) is 16.2. The molecule has 0 saturated carbocycles. The Bertz CT molecular complexity index is 1340. The number of anilines is 1. The molecule has 1 aromatic heterocycles. The van der Waals surface area contributed by atoms with E-state index >= 15 is 0 Å². The van der Waals surface area contributed by atoms with Crippen molar-refractivity contribution in [1.82, 2.24) is 9.97 Å². The van der Waals surface area contributed by atoms with Crippen LogP contribution in [0.5, 0.6) is 5.75 Å². The van der Waals surface area contributed by atoms with E-state index in [4.69, 9.17) is 4.74 Å². The fraction of sp³-hybridized carbons (Fsp3) is 0.0714. The Morgan fingerprint density at radius 3 is 2.42 bits per heavy atom. The lowest BCUT2D eigenvalue weighted by molar-refractivity contribution is 0.102. The number of rotatable bonds is 7. The maximum atomic E-state index is 12.7. The van der Waals surface area contributed by atoms with Crippen molar-refractivity contribution in [3.8, 4) is 5.75 Å². The van der Waals surface area contributed by atoms with Crippen molar-refractivity contribution < 1.29 is 9.53 Å². The molecule has 0 aliphatic heterocycles. The molecule has 1 amide bonds. The van der Waals surface area contributed by atoms with Crippen molar-refractivity contribution in [1.29, 1.82) is 0 Å². The Balaban J connectivity index is 1.21. The van der Waals surface area contributed by atoms with E-state index in [0.717, 1.165) is 28.0 Å². The predicted molar refractivity (Wildman–Crippen MR) is 131 cm³/mol. The number of hydrogen-bond acceptors (Lipinski definition) is 3. The summed E-state index contributed by atoms with van der Waals surface area (Å²) < 4.78 is 5.85. The Morgan fingerprint density at radius 1 is 0.818 bits per heavy atom. The summed E-state index contributed by atoms with van der Waals surface area (Å²) >= 11 is 0. The van der Waals surface area contributed by atoms with Crippen LogP contribution in [0.4, 0.5) is 5.69 Å². The predicted octanol–water partition coefficient (Wildman–Crippen LogP) is 5.99. The minimum atomic E-state index is -0.162. The van der Waals surface area contributed by atoms with E-state index in [1.54, 1.807) is 0 Å². The second-order valence-corrected chi connectivity index (χ2v) is 7.83. The average Bonchev–Trinajstić information content (AvgIpc) is 3.26. The van der Waals surface area contributed by atoms with Gasteiger partial charge in [0.15, 0.2) is 0 Å². The van der Waals surface area contributed by atoms with Gasteiger partial charge in [-0.25, -0.2) is 4.98 Å². The topological polar surface area (TPSA) is 67.0 Å². The number of hydrogen-bond donors (Lipinski definition) is 2. The maximum Gasteiger partial charge on any atom is 0.255 e. The summed E-state index contributed by atoms with van der Waals surface area (Å²) in [4.78, 5) is 20.7. The standard InChI is InChI=1S/C28H23N3O2/c32-28(29-23-9-6-10-24(18-23)33-19-21-7-2-1-3-8-21)22-15-13-20(14-16-22)17-27-30-25-11-4-5-12-26(25)31-27/h1-16,18H,17,19H2,(H,29,32)(H,30,31). The molecule has 5 rings (SSSR count). The number of imidazole rings is 1.